The number of halogens is 1. The fraction of sp³-hybridized carbons (Fsp3) is 0.125. The standard InChI is InChI=1S/C8H8ClN3S/c1-12-8(6(10)3-11-12)7-2-5(9)4-13-7/h2-4H,10H2,1H3. The Morgan fingerprint density at radius 2 is 2.38 bits per heavy atom. The molecule has 2 N–H and O–H groups in total. The highest BCUT2D eigenvalue weighted by atomic mass is 35.5. The zero-order valence-corrected chi connectivity index (χ0v) is 8.56. The minimum absolute atomic E-state index is 0.681. The molecule has 0 amide bonds. The molecule has 0 fully saturated rings. The van der Waals surface area contributed by atoms with Gasteiger partial charge in [0.1, 0.15) is 5.69 Å². The Bertz CT molecular complexity index is 413. The van der Waals surface area contributed by atoms with Gasteiger partial charge in [0.15, 0.2) is 0 Å². The van der Waals surface area contributed by atoms with E-state index in [2.05, 4.69) is 5.10 Å². The highest BCUT2D eigenvalue weighted by molar-refractivity contribution is 7.14. The van der Waals surface area contributed by atoms with Crippen LogP contribution in [0.25, 0.3) is 10.6 Å². The fourth-order valence-electron chi connectivity index (χ4n) is 1.19. The van der Waals surface area contributed by atoms with Crippen molar-refractivity contribution in [3.05, 3.63) is 22.7 Å². The van der Waals surface area contributed by atoms with Crippen molar-refractivity contribution in [1.29, 1.82) is 0 Å². The Morgan fingerprint density at radius 1 is 1.62 bits per heavy atom. The normalized spacial score (nSPS) is 10.6. The van der Waals surface area contributed by atoms with Crippen LogP contribution in [0.4, 0.5) is 5.69 Å². The van der Waals surface area contributed by atoms with Crippen molar-refractivity contribution in [2.75, 3.05) is 5.73 Å². The van der Waals surface area contributed by atoms with Crippen LogP contribution in [0.1, 0.15) is 0 Å². The Labute approximate surface area is 84.7 Å². The number of hydrogen-bond donors (Lipinski definition) is 1. The van der Waals surface area contributed by atoms with Gasteiger partial charge in [0.2, 0.25) is 0 Å². The molecule has 3 nitrogen and oxygen atoms in total. The first-order chi connectivity index (χ1) is 6.18. The van der Waals surface area contributed by atoms with Crippen LogP contribution in [0.5, 0.6) is 0 Å². The molecule has 0 saturated heterocycles. The van der Waals surface area contributed by atoms with E-state index in [0.717, 1.165) is 15.6 Å². The molecule has 0 aliphatic heterocycles. The maximum atomic E-state index is 5.82. The molecule has 0 aromatic carbocycles. The van der Waals surface area contributed by atoms with Crippen molar-refractivity contribution in [3.63, 3.8) is 0 Å². The topological polar surface area (TPSA) is 43.8 Å². The van der Waals surface area contributed by atoms with Crippen molar-refractivity contribution in [2.45, 2.75) is 0 Å². The molecule has 0 spiro atoms. The van der Waals surface area contributed by atoms with E-state index in [1.165, 1.54) is 0 Å². The van der Waals surface area contributed by atoms with Gasteiger partial charge in [-0.25, -0.2) is 0 Å². The van der Waals surface area contributed by atoms with E-state index in [-0.39, 0.29) is 0 Å². The summed E-state index contributed by atoms with van der Waals surface area (Å²) >= 11 is 7.38. The molecule has 5 heteroatoms. The second-order valence-corrected chi connectivity index (χ2v) is 4.05. The first-order valence-corrected chi connectivity index (χ1v) is 4.96. The minimum Gasteiger partial charge on any atom is -0.396 e. The van der Waals surface area contributed by atoms with E-state index >= 15 is 0 Å². The third kappa shape index (κ3) is 1.43. The molecule has 0 radical (unpaired) electrons. The summed E-state index contributed by atoms with van der Waals surface area (Å²) in [5.41, 5.74) is 7.37. The summed E-state index contributed by atoms with van der Waals surface area (Å²) in [6.07, 6.45) is 1.64. The number of rotatable bonds is 1. The van der Waals surface area contributed by atoms with Gasteiger partial charge in [-0.05, 0) is 6.07 Å². The third-order valence-electron chi connectivity index (χ3n) is 1.77. The van der Waals surface area contributed by atoms with Gasteiger partial charge in [0.25, 0.3) is 0 Å². The Balaban J connectivity index is 2.57. The van der Waals surface area contributed by atoms with Gasteiger partial charge < -0.3 is 5.73 Å². The maximum absolute atomic E-state index is 5.82. The zero-order chi connectivity index (χ0) is 9.42. The molecule has 2 aromatic heterocycles. The van der Waals surface area contributed by atoms with E-state index < -0.39 is 0 Å². The van der Waals surface area contributed by atoms with Crippen LogP contribution in [0, 0.1) is 0 Å². The van der Waals surface area contributed by atoms with Gasteiger partial charge >= 0.3 is 0 Å². The van der Waals surface area contributed by atoms with Gasteiger partial charge in [-0.3, -0.25) is 4.68 Å². The molecule has 0 bridgehead atoms. The monoisotopic (exact) mass is 213 g/mol. The lowest BCUT2D eigenvalue weighted by Gasteiger charge is -1.98. The number of hydrogen-bond acceptors (Lipinski definition) is 3. The summed E-state index contributed by atoms with van der Waals surface area (Å²) in [6, 6.07) is 1.89. The molecule has 0 aliphatic rings. The molecule has 0 saturated carbocycles. The highest BCUT2D eigenvalue weighted by Gasteiger charge is 2.09. The van der Waals surface area contributed by atoms with E-state index in [1.807, 2.05) is 18.5 Å². The maximum Gasteiger partial charge on any atom is 0.101 e. The lowest BCUT2D eigenvalue weighted by Crippen LogP contribution is -1.93. The first-order valence-electron chi connectivity index (χ1n) is 3.70. The van der Waals surface area contributed by atoms with Crippen LogP contribution < -0.4 is 5.73 Å². The lowest BCUT2D eigenvalue weighted by molar-refractivity contribution is 0.777. The Hall–Kier alpha value is -1.000. The molecule has 0 atom stereocenters. The summed E-state index contributed by atoms with van der Waals surface area (Å²) < 4.78 is 1.75. The number of anilines is 1. The molecule has 13 heavy (non-hydrogen) atoms. The number of nitrogens with two attached hydrogens (primary N) is 1. The summed E-state index contributed by atoms with van der Waals surface area (Å²) in [7, 11) is 1.86. The Morgan fingerprint density at radius 3 is 2.85 bits per heavy atom. The largest absolute Gasteiger partial charge is 0.396 e. The fourth-order valence-corrected chi connectivity index (χ4v) is 2.37. The van der Waals surface area contributed by atoms with Crippen LogP contribution in [0.3, 0.4) is 0 Å². The van der Waals surface area contributed by atoms with Crippen molar-refractivity contribution in [3.8, 4) is 10.6 Å². The van der Waals surface area contributed by atoms with E-state index in [4.69, 9.17) is 17.3 Å². The second kappa shape index (κ2) is 3.05. The van der Waals surface area contributed by atoms with Crippen molar-refractivity contribution in [2.24, 2.45) is 7.05 Å². The molecular weight excluding hydrogens is 206 g/mol. The molecule has 2 heterocycles. The van der Waals surface area contributed by atoms with Gasteiger partial charge in [-0.2, -0.15) is 5.10 Å². The molecule has 0 aliphatic carbocycles. The van der Waals surface area contributed by atoms with Crippen molar-refractivity contribution < 1.29 is 0 Å². The summed E-state index contributed by atoms with van der Waals surface area (Å²) in [6.45, 7) is 0. The lowest BCUT2D eigenvalue weighted by atomic mass is 10.3. The quantitative estimate of drug-likeness (QED) is 0.791. The summed E-state index contributed by atoms with van der Waals surface area (Å²) in [5, 5.41) is 6.67. The molecule has 2 rings (SSSR count). The van der Waals surface area contributed by atoms with Gasteiger partial charge in [0, 0.05) is 12.4 Å². The Kier molecular flexibility index (Phi) is 2.01. The SMILES string of the molecule is Cn1ncc(N)c1-c1cc(Cl)cs1. The average molecular weight is 214 g/mol. The summed E-state index contributed by atoms with van der Waals surface area (Å²) in [4.78, 5) is 1.04. The minimum atomic E-state index is 0.681. The van der Waals surface area contributed by atoms with Crippen LogP contribution in [0.15, 0.2) is 17.6 Å². The van der Waals surface area contributed by atoms with Gasteiger partial charge in [0.05, 0.1) is 21.8 Å². The number of aryl methyl sites for hydroxylation is 1. The van der Waals surface area contributed by atoms with Gasteiger partial charge in [-0.1, -0.05) is 11.6 Å². The third-order valence-corrected chi connectivity index (χ3v) is 3.05. The number of aromatic nitrogens is 2. The summed E-state index contributed by atoms with van der Waals surface area (Å²) in [5.74, 6) is 0. The van der Waals surface area contributed by atoms with Crippen LogP contribution in [0.2, 0.25) is 5.02 Å². The predicted molar refractivity (Wildman–Crippen MR) is 55.9 cm³/mol. The second-order valence-electron chi connectivity index (χ2n) is 2.70. The number of nitrogen functional groups attached to an aromatic ring is 1. The van der Waals surface area contributed by atoms with Crippen LogP contribution in [-0.4, -0.2) is 9.78 Å². The molecule has 0 unspecified atom stereocenters. The van der Waals surface area contributed by atoms with Gasteiger partial charge in [-0.15, -0.1) is 11.3 Å². The van der Waals surface area contributed by atoms with Crippen molar-refractivity contribution >= 4 is 28.6 Å². The molecule has 68 valence electrons. The average Bonchev–Trinajstić information content (AvgIpc) is 2.60. The highest BCUT2D eigenvalue weighted by Crippen LogP contribution is 2.32. The van der Waals surface area contributed by atoms with E-state index in [9.17, 15) is 0 Å². The smallest absolute Gasteiger partial charge is 0.101 e. The zero-order valence-electron chi connectivity index (χ0n) is 6.99. The number of nitrogens with zero attached hydrogens (tertiary/aromatic N) is 2. The van der Waals surface area contributed by atoms with Crippen LogP contribution in [-0.2, 0) is 7.05 Å². The predicted octanol–water partition coefficient (Wildman–Crippen LogP) is 2.38. The molecular formula is C8H8ClN3S. The first kappa shape index (κ1) is 8.59. The van der Waals surface area contributed by atoms with E-state index in [0.29, 0.717) is 5.69 Å². The molecule has 2 aromatic rings. The van der Waals surface area contributed by atoms with Crippen molar-refractivity contribution in [1.82, 2.24) is 9.78 Å². The van der Waals surface area contributed by atoms with E-state index in [1.54, 1.807) is 22.2 Å². The number of thiophene rings is 1. The van der Waals surface area contributed by atoms with Crippen LogP contribution >= 0.6 is 22.9 Å².